The maximum Gasteiger partial charge on any atom is 0.311 e. The highest BCUT2D eigenvalue weighted by Crippen LogP contribution is 2.22. The van der Waals surface area contributed by atoms with E-state index >= 15 is 0 Å². The van der Waals surface area contributed by atoms with E-state index in [1.54, 1.807) is 12.2 Å². The minimum Gasteiger partial charge on any atom is -0.335 e. The zero-order chi connectivity index (χ0) is 13.5. The largest absolute Gasteiger partial charge is 0.335 e. The predicted molar refractivity (Wildman–Crippen MR) is 72.2 cm³/mol. The van der Waals surface area contributed by atoms with Gasteiger partial charge in [0.25, 0.3) is 0 Å². The second-order valence-corrected chi connectivity index (χ2v) is 3.68. The molecule has 5 heteroatoms. The molecule has 1 aromatic rings. The lowest BCUT2D eigenvalue weighted by Gasteiger charge is -2.06. The van der Waals surface area contributed by atoms with Crippen LogP contribution in [0.3, 0.4) is 0 Å². The van der Waals surface area contributed by atoms with E-state index < -0.39 is 4.92 Å². The molecule has 18 heavy (non-hydrogen) atoms. The standard InChI is InChI=1S/C13H15N3O2/c1-4-11(8-7-10(2)3)15-13-12(16(17)18)6-5-9-14-13/h4-9H,2H2,1,3H3,(H,14,15)/b8-7-,11-4+. The number of anilines is 1. The molecule has 1 aromatic heterocycles. The zero-order valence-corrected chi connectivity index (χ0v) is 10.4. The summed E-state index contributed by atoms with van der Waals surface area (Å²) in [5, 5.41) is 13.7. The average Bonchev–Trinajstić information content (AvgIpc) is 2.34. The van der Waals surface area contributed by atoms with Crippen molar-refractivity contribution in [2.24, 2.45) is 0 Å². The minimum atomic E-state index is -0.467. The van der Waals surface area contributed by atoms with Crippen molar-refractivity contribution in [2.45, 2.75) is 13.8 Å². The first kappa shape index (κ1) is 13.6. The van der Waals surface area contributed by atoms with Gasteiger partial charge >= 0.3 is 5.69 Å². The number of aromatic nitrogens is 1. The van der Waals surface area contributed by atoms with E-state index in [2.05, 4.69) is 16.9 Å². The first-order valence-electron chi connectivity index (χ1n) is 5.41. The first-order chi connectivity index (χ1) is 8.54. The quantitative estimate of drug-likeness (QED) is 0.490. The summed E-state index contributed by atoms with van der Waals surface area (Å²) in [5.41, 5.74) is 1.56. The Morgan fingerprint density at radius 1 is 1.56 bits per heavy atom. The van der Waals surface area contributed by atoms with Crippen LogP contribution in [-0.4, -0.2) is 9.91 Å². The van der Waals surface area contributed by atoms with Crippen molar-refractivity contribution in [1.82, 2.24) is 4.98 Å². The molecule has 0 atom stereocenters. The van der Waals surface area contributed by atoms with Gasteiger partial charge < -0.3 is 5.32 Å². The highest BCUT2D eigenvalue weighted by atomic mass is 16.6. The number of nitrogens with zero attached hydrogens (tertiary/aromatic N) is 2. The van der Waals surface area contributed by atoms with Crippen molar-refractivity contribution in [3.63, 3.8) is 0 Å². The number of nitro groups is 1. The van der Waals surface area contributed by atoms with Crippen LogP contribution in [0.4, 0.5) is 11.5 Å². The Labute approximate surface area is 106 Å². The van der Waals surface area contributed by atoms with Crippen LogP contribution >= 0.6 is 0 Å². The summed E-state index contributed by atoms with van der Waals surface area (Å²) in [7, 11) is 0. The normalized spacial score (nSPS) is 11.6. The van der Waals surface area contributed by atoms with E-state index in [1.165, 1.54) is 18.3 Å². The molecule has 0 saturated carbocycles. The summed E-state index contributed by atoms with van der Waals surface area (Å²) in [6.07, 6.45) is 6.92. The molecule has 0 aliphatic rings. The molecule has 0 fully saturated rings. The van der Waals surface area contributed by atoms with Crippen LogP contribution in [0.5, 0.6) is 0 Å². The van der Waals surface area contributed by atoms with Crippen molar-refractivity contribution >= 4 is 11.5 Å². The molecule has 0 aromatic carbocycles. The fraction of sp³-hybridized carbons (Fsp3) is 0.154. The molecule has 5 nitrogen and oxygen atoms in total. The van der Waals surface area contributed by atoms with Gasteiger partial charge in [-0.1, -0.05) is 24.3 Å². The molecular formula is C13H15N3O2. The van der Waals surface area contributed by atoms with Crippen LogP contribution in [0, 0.1) is 10.1 Å². The Kier molecular flexibility index (Phi) is 4.80. The van der Waals surface area contributed by atoms with Gasteiger partial charge in [0.1, 0.15) is 0 Å². The van der Waals surface area contributed by atoms with Gasteiger partial charge in [0.05, 0.1) is 4.92 Å². The molecule has 1 N–H and O–H groups in total. The summed E-state index contributed by atoms with van der Waals surface area (Å²) in [5.74, 6) is 0.224. The van der Waals surface area contributed by atoms with Crippen molar-refractivity contribution < 1.29 is 4.92 Å². The molecule has 0 spiro atoms. The Morgan fingerprint density at radius 3 is 2.83 bits per heavy atom. The lowest BCUT2D eigenvalue weighted by atomic mass is 10.2. The number of pyridine rings is 1. The number of nitrogens with one attached hydrogen (secondary N) is 1. The van der Waals surface area contributed by atoms with Crippen LogP contribution in [0.2, 0.25) is 0 Å². The molecule has 0 saturated heterocycles. The molecule has 0 bridgehead atoms. The van der Waals surface area contributed by atoms with Crippen LogP contribution in [0.25, 0.3) is 0 Å². The van der Waals surface area contributed by atoms with E-state index in [-0.39, 0.29) is 11.5 Å². The van der Waals surface area contributed by atoms with E-state index in [1.807, 2.05) is 19.9 Å². The van der Waals surface area contributed by atoms with Gasteiger partial charge in [0.15, 0.2) is 0 Å². The van der Waals surface area contributed by atoms with E-state index in [9.17, 15) is 10.1 Å². The molecule has 0 aliphatic heterocycles. The molecule has 0 unspecified atom stereocenters. The Hall–Kier alpha value is -2.43. The molecule has 0 radical (unpaired) electrons. The Bertz CT molecular complexity index is 519. The summed E-state index contributed by atoms with van der Waals surface area (Å²) in [4.78, 5) is 14.3. The summed E-state index contributed by atoms with van der Waals surface area (Å²) >= 11 is 0. The fourth-order valence-electron chi connectivity index (χ4n) is 1.22. The third-order valence-corrected chi connectivity index (χ3v) is 2.10. The SMILES string of the molecule is C=C(C)/C=C\C(=C/C)Nc1ncccc1[N+](=O)[O-]. The van der Waals surface area contributed by atoms with Gasteiger partial charge in [-0.25, -0.2) is 4.98 Å². The number of hydrogen-bond acceptors (Lipinski definition) is 4. The fourth-order valence-corrected chi connectivity index (χ4v) is 1.22. The third-order valence-electron chi connectivity index (χ3n) is 2.10. The smallest absolute Gasteiger partial charge is 0.311 e. The van der Waals surface area contributed by atoms with Crippen molar-refractivity contribution in [3.8, 4) is 0 Å². The van der Waals surface area contributed by atoms with E-state index in [0.29, 0.717) is 0 Å². The average molecular weight is 245 g/mol. The van der Waals surface area contributed by atoms with Crippen LogP contribution in [0.15, 0.2) is 54.4 Å². The first-order valence-corrected chi connectivity index (χ1v) is 5.41. The molecule has 94 valence electrons. The molecule has 0 amide bonds. The number of allylic oxidation sites excluding steroid dienone is 4. The second-order valence-electron chi connectivity index (χ2n) is 3.68. The van der Waals surface area contributed by atoms with Crippen LogP contribution in [0.1, 0.15) is 13.8 Å². The molecular weight excluding hydrogens is 230 g/mol. The van der Waals surface area contributed by atoms with Crippen LogP contribution in [-0.2, 0) is 0 Å². The highest BCUT2D eigenvalue weighted by molar-refractivity contribution is 5.59. The topological polar surface area (TPSA) is 68.1 Å². The van der Waals surface area contributed by atoms with E-state index in [4.69, 9.17) is 0 Å². The summed E-state index contributed by atoms with van der Waals surface area (Å²) in [6.45, 7) is 7.45. The van der Waals surface area contributed by atoms with Crippen molar-refractivity contribution in [3.05, 3.63) is 64.5 Å². The second kappa shape index (κ2) is 6.34. The van der Waals surface area contributed by atoms with Gasteiger partial charge in [0.2, 0.25) is 5.82 Å². The zero-order valence-electron chi connectivity index (χ0n) is 10.4. The van der Waals surface area contributed by atoms with Crippen molar-refractivity contribution in [1.29, 1.82) is 0 Å². The highest BCUT2D eigenvalue weighted by Gasteiger charge is 2.13. The van der Waals surface area contributed by atoms with E-state index in [0.717, 1.165) is 11.3 Å². The lowest BCUT2D eigenvalue weighted by molar-refractivity contribution is -0.384. The predicted octanol–water partition coefficient (Wildman–Crippen LogP) is 3.44. The number of rotatable bonds is 5. The van der Waals surface area contributed by atoms with Crippen molar-refractivity contribution in [2.75, 3.05) is 5.32 Å². The monoisotopic (exact) mass is 245 g/mol. The summed E-state index contributed by atoms with van der Waals surface area (Å²) in [6, 6.07) is 2.94. The minimum absolute atomic E-state index is 0.0550. The maximum absolute atomic E-state index is 10.8. The van der Waals surface area contributed by atoms with Crippen LogP contribution < -0.4 is 5.32 Å². The van der Waals surface area contributed by atoms with Gasteiger partial charge in [-0.3, -0.25) is 10.1 Å². The molecule has 1 rings (SSSR count). The third kappa shape index (κ3) is 3.86. The molecule has 0 aliphatic carbocycles. The lowest BCUT2D eigenvalue weighted by Crippen LogP contribution is -2.02. The Morgan fingerprint density at radius 2 is 2.28 bits per heavy atom. The number of hydrogen-bond donors (Lipinski definition) is 1. The Balaban J connectivity index is 2.96. The summed E-state index contributed by atoms with van der Waals surface area (Å²) < 4.78 is 0. The maximum atomic E-state index is 10.8. The molecule has 1 heterocycles. The van der Waals surface area contributed by atoms with Gasteiger partial charge in [0, 0.05) is 18.0 Å². The van der Waals surface area contributed by atoms with Gasteiger partial charge in [-0.05, 0) is 26.0 Å². The van der Waals surface area contributed by atoms with Gasteiger partial charge in [-0.15, -0.1) is 0 Å². The van der Waals surface area contributed by atoms with Gasteiger partial charge in [-0.2, -0.15) is 0 Å².